The van der Waals surface area contributed by atoms with Crippen molar-refractivity contribution >= 4 is 42.0 Å². The molecule has 0 atom stereocenters. The van der Waals surface area contributed by atoms with Crippen molar-refractivity contribution in [3.05, 3.63) is 10.4 Å². The minimum atomic E-state index is 0. The first-order chi connectivity index (χ1) is 4.20. The monoisotopic (exact) mass is 214 g/mol. The van der Waals surface area contributed by atoms with E-state index in [1.54, 1.807) is 11.3 Å². The van der Waals surface area contributed by atoms with Crippen LogP contribution >= 0.6 is 36.2 Å². The number of thiazole rings is 1. The maximum atomic E-state index is 5.42. The summed E-state index contributed by atoms with van der Waals surface area (Å²) in [5.41, 5.74) is 5.42. The Balaban J connectivity index is 0. The van der Waals surface area contributed by atoms with E-state index in [1.807, 2.05) is 5.38 Å². The molecular weight excluding hydrogens is 203 g/mol. The van der Waals surface area contributed by atoms with Crippen molar-refractivity contribution in [2.75, 3.05) is 5.73 Å². The number of hydrogen-bond donors (Lipinski definition) is 1. The maximum absolute atomic E-state index is 5.42. The third kappa shape index (κ3) is 3.79. The lowest BCUT2D eigenvalue weighted by Crippen LogP contribution is -1.87. The first-order valence-corrected chi connectivity index (χ1v) is 3.79. The molecule has 0 amide bonds. The van der Waals surface area contributed by atoms with Crippen LogP contribution in [0, 0.1) is 0 Å². The zero-order valence-electron chi connectivity index (χ0n) is 6.40. The molecule has 2 nitrogen and oxygen atoms in total. The molecule has 0 radical (unpaired) electrons. The highest BCUT2D eigenvalue weighted by molar-refractivity contribution is 7.10. The number of nitrogens with two attached hydrogens (primary N) is 1. The van der Waals surface area contributed by atoms with Gasteiger partial charge in [0.2, 0.25) is 0 Å². The Morgan fingerprint density at radius 1 is 1.45 bits per heavy atom. The Kier molecular flexibility index (Phi) is 6.96. The van der Waals surface area contributed by atoms with E-state index >= 15 is 0 Å². The summed E-state index contributed by atoms with van der Waals surface area (Å²) < 4.78 is 0. The summed E-state index contributed by atoms with van der Waals surface area (Å²) in [6, 6.07) is 0. The van der Waals surface area contributed by atoms with E-state index in [0.717, 1.165) is 5.01 Å². The summed E-state index contributed by atoms with van der Waals surface area (Å²) >= 11 is 1.62. The van der Waals surface area contributed by atoms with Gasteiger partial charge in [0.05, 0.1) is 5.01 Å². The molecule has 1 rings (SSSR count). The topological polar surface area (TPSA) is 38.9 Å². The number of aromatic nitrogens is 1. The highest BCUT2D eigenvalue weighted by Gasteiger charge is 2.01. The van der Waals surface area contributed by atoms with Crippen LogP contribution in [0.2, 0.25) is 0 Å². The molecular formula is C6H12Cl2N2S. The van der Waals surface area contributed by atoms with E-state index < -0.39 is 0 Å². The summed E-state index contributed by atoms with van der Waals surface area (Å²) in [5.74, 6) is 1.15. The van der Waals surface area contributed by atoms with Crippen LogP contribution in [0.5, 0.6) is 0 Å². The Hall–Kier alpha value is 0.01000. The van der Waals surface area contributed by atoms with Gasteiger partial charge < -0.3 is 5.73 Å². The Labute approximate surface area is 83.0 Å². The first-order valence-electron chi connectivity index (χ1n) is 2.91. The van der Waals surface area contributed by atoms with Gasteiger partial charge in [0, 0.05) is 11.3 Å². The molecule has 0 bridgehead atoms. The first kappa shape index (κ1) is 13.6. The summed E-state index contributed by atoms with van der Waals surface area (Å²) in [6.45, 7) is 4.22. The molecule has 66 valence electrons. The second-order valence-corrected chi connectivity index (χ2v) is 3.15. The molecule has 2 N–H and O–H groups in total. The van der Waals surface area contributed by atoms with Gasteiger partial charge in [-0.05, 0) is 0 Å². The van der Waals surface area contributed by atoms with Crippen molar-refractivity contribution in [3.8, 4) is 0 Å². The number of halogens is 2. The van der Waals surface area contributed by atoms with E-state index in [0.29, 0.717) is 11.7 Å². The summed E-state index contributed by atoms with van der Waals surface area (Å²) in [7, 11) is 0. The Morgan fingerprint density at radius 2 is 2.00 bits per heavy atom. The van der Waals surface area contributed by atoms with Gasteiger partial charge in [-0.3, -0.25) is 0 Å². The van der Waals surface area contributed by atoms with Gasteiger partial charge in [0.15, 0.2) is 0 Å². The predicted molar refractivity (Wildman–Crippen MR) is 55.1 cm³/mol. The average Bonchev–Trinajstić information content (AvgIpc) is 2.14. The molecule has 1 heterocycles. The number of rotatable bonds is 1. The van der Waals surface area contributed by atoms with E-state index in [1.165, 1.54) is 0 Å². The van der Waals surface area contributed by atoms with Crippen molar-refractivity contribution < 1.29 is 0 Å². The van der Waals surface area contributed by atoms with E-state index in [9.17, 15) is 0 Å². The van der Waals surface area contributed by atoms with Gasteiger partial charge in [-0.2, -0.15) is 0 Å². The predicted octanol–water partition coefficient (Wildman–Crippen LogP) is 2.69. The smallest absolute Gasteiger partial charge is 0.134 e. The van der Waals surface area contributed by atoms with E-state index in [-0.39, 0.29) is 24.8 Å². The summed E-state index contributed by atoms with van der Waals surface area (Å²) in [4.78, 5) is 4.11. The third-order valence-corrected chi connectivity index (χ3v) is 2.20. The molecule has 5 heteroatoms. The van der Waals surface area contributed by atoms with Crippen molar-refractivity contribution in [1.82, 2.24) is 4.98 Å². The lowest BCUT2D eigenvalue weighted by Gasteiger charge is -1.94. The molecule has 0 aliphatic heterocycles. The largest absolute Gasteiger partial charge is 0.383 e. The molecule has 0 aliphatic carbocycles. The van der Waals surface area contributed by atoms with Gasteiger partial charge in [-0.1, -0.05) is 13.8 Å². The second kappa shape index (κ2) is 5.63. The maximum Gasteiger partial charge on any atom is 0.134 e. The second-order valence-electron chi connectivity index (χ2n) is 2.27. The number of anilines is 1. The van der Waals surface area contributed by atoms with Crippen LogP contribution in [0.15, 0.2) is 5.38 Å². The fraction of sp³-hybridized carbons (Fsp3) is 0.500. The summed E-state index contributed by atoms with van der Waals surface area (Å²) in [6.07, 6.45) is 0. The Bertz CT molecular complexity index is 200. The van der Waals surface area contributed by atoms with Gasteiger partial charge in [-0.25, -0.2) is 4.98 Å². The van der Waals surface area contributed by atoms with Crippen LogP contribution in [-0.2, 0) is 0 Å². The van der Waals surface area contributed by atoms with E-state index in [4.69, 9.17) is 5.73 Å². The van der Waals surface area contributed by atoms with Gasteiger partial charge >= 0.3 is 0 Å². The number of hydrogen-bond acceptors (Lipinski definition) is 3. The molecule has 0 saturated carbocycles. The van der Waals surface area contributed by atoms with Gasteiger partial charge in [-0.15, -0.1) is 36.2 Å². The van der Waals surface area contributed by atoms with Crippen LogP contribution in [0.4, 0.5) is 5.82 Å². The number of nitrogens with zero attached hydrogens (tertiary/aromatic N) is 1. The molecule has 1 aromatic rings. The minimum Gasteiger partial charge on any atom is -0.383 e. The highest BCUT2D eigenvalue weighted by atomic mass is 35.5. The Morgan fingerprint density at radius 3 is 2.18 bits per heavy atom. The molecule has 0 aliphatic rings. The van der Waals surface area contributed by atoms with Crippen molar-refractivity contribution in [1.29, 1.82) is 0 Å². The zero-order chi connectivity index (χ0) is 6.85. The fourth-order valence-corrected chi connectivity index (χ4v) is 1.29. The summed E-state index contributed by atoms with van der Waals surface area (Å²) in [5, 5.41) is 2.99. The molecule has 0 fully saturated rings. The quantitative estimate of drug-likeness (QED) is 0.782. The lowest BCUT2D eigenvalue weighted by atomic mass is 10.2. The molecule has 0 unspecified atom stereocenters. The zero-order valence-corrected chi connectivity index (χ0v) is 8.85. The highest BCUT2D eigenvalue weighted by Crippen LogP contribution is 2.19. The lowest BCUT2D eigenvalue weighted by molar-refractivity contribution is 0.854. The average molecular weight is 215 g/mol. The van der Waals surface area contributed by atoms with Crippen LogP contribution < -0.4 is 5.73 Å². The SMILES string of the molecule is CC(C)c1nc(N)cs1.Cl.Cl. The van der Waals surface area contributed by atoms with Crippen molar-refractivity contribution in [3.63, 3.8) is 0 Å². The van der Waals surface area contributed by atoms with Gasteiger partial charge in [0.1, 0.15) is 5.82 Å². The van der Waals surface area contributed by atoms with Crippen LogP contribution in [0.3, 0.4) is 0 Å². The van der Waals surface area contributed by atoms with Crippen LogP contribution in [-0.4, -0.2) is 4.98 Å². The molecule has 11 heavy (non-hydrogen) atoms. The fourth-order valence-electron chi connectivity index (χ4n) is 0.566. The van der Waals surface area contributed by atoms with E-state index in [2.05, 4.69) is 18.8 Å². The van der Waals surface area contributed by atoms with Crippen molar-refractivity contribution in [2.24, 2.45) is 0 Å². The molecule has 0 saturated heterocycles. The number of nitrogen functional groups attached to an aromatic ring is 1. The van der Waals surface area contributed by atoms with Crippen LogP contribution in [0.1, 0.15) is 24.8 Å². The normalized spacial score (nSPS) is 8.64. The van der Waals surface area contributed by atoms with Crippen LogP contribution in [0.25, 0.3) is 0 Å². The molecule has 1 aromatic heterocycles. The standard InChI is InChI=1S/C6H10N2S.2ClH/c1-4(2)6-8-5(7)3-9-6;;/h3-4H,7H2,1-2H3;2*1H. The van der Waals surface area contributed by atoms with Crippen molar-refractivity contribution in [2.45, 2.75) is 19.8 Å². The molecule has 0 aromatic carbocycles. The minimum absolute atomic E-state index is 0. The molecule has 0 spiro atoms. The van der Waals surface area contributed by atoms with Gasteiger partial charge in [0.25, 0.3) is 0 Å². The third-order valence-electron chi connectivity index (χ3n) is 1.03.